The van der Waals surface area contributed by atoms with Crippen molar-refractivity contribution in [3.63, 3.8) is 0 Å². The fourth-order valence-electron chi connectivity index (χ4n) is 5.35. The minimum absolute atomic E-state index is 0.0371. The molecule has 0 saturated heterocycles. The number of hydrogen-bond donors (Lipinski definition) is 15. The molecule has 23 nitrogen and oxygen atoms in total. The lowest BCUT2D eigenvalue weighted by Crippen LogP contribution is -2.61. The summed E-state index contributed by atoms with van der Waals surface area (Å²) in [5.41, 5.74) is 27.4. The van der Waals surface area contributed by atoms with Crippen molar-refractivity contribution in [1.29, 1.82) is 0 Å². The predicted octanol–water partition coefficient (Wildman–Crippen LogP) is -3.77. The largest absolute Gasteiger partial charge is 0.481 e. The number of aliphatic imine (C=N–C) groups is 2. The number of amides is 6. The van der Waals surface area contributed by atoms with Crippen molar-refractivity contribution in [3.8, 4) is 0 Å². The molecule has 18 N–H and O–H groups in total. The van der Waals surface area contributed by atoms with E-state index in [0.717, 1.165) is 0 Å². The molecule has 0 aliphatic rings. The number of guanidine groups is 2. The molecular formula is C35H65N13O10S2. The maximum Gasteiger partial charge on any atom is 0.326 e. The van der Waals surface area contributed by atoms with Crippen LogP contribution >= 0.6 is 25.3 Å². The first-order valence-corrected chi connectivity index (χ1v) is 20.7. The zero-order valence-corrected chi connectivity index (χ0v) is 36.3. The van der Waals surface area contributed by atoms with E-state index >= 15 is 0 Å². The van der Waals surface area contributed by atoms with Gasteiger partial charge in [-0.2, -0.15) is 25.3 Å². The lowest BCUT2D eigenvalue weighted by molar-refractivity contribution is -0.143. The number of aliphatic carboxylic acids is 2. The molecular weight excluding hydrogens is 827 g/mol. The average Bonchev–Trinajstić information content (AvgIpc) is 3.17. The molecule has 0 heterocycles. The van der Waals surface area contributed by atoms with Crippen LogP contribution in [-0.4, -0.2) is 136 Å². The Morgan fingerprint density at radius 3 is 1.43 bits per heavy atom. The van der Waals surface area contributed by atoms with Crippen LogP contribution in [0, 0.1) is 11.8 Å². The summed E-state index contributed by atoms with van der Waals surface area (Å²) >= 11 is 8.37. The average molecular weight is 892 g/mol. The van der Waals surface area contributed by atoms with Crippen LogP contribution in [0.5, 0.6) is 0 Å². The van der Waals surface area contributed by atoms with E-state index in [1.165, 1.54) is 0 Å². The molecule has 0 bridgehead atoms. The second kappa shape index (κ2) is 29.2. The van der Waals surface area contributed by atoms with Gasteiger partial charge >= 0.3 is 11.9 Å². The van der Waals surface area contributed by atoms with Crippen molar-refractivity contribution >= 4 is 84.6 Å². The van der Waals surface area contributed by atoms with E-state index in [0.29, 0.717) is 12.8 Å². The van der Waals surface area contributed by atoms with E-state index in [-0.39, 0.29) is 74.5 Å². The standard InChI is InChI=1S/C35H65N13O10S2/c1-5-18(4)26(32(56)45-22(33(57)58)14-17(2)3)48-31(55)24(16-60)47-30(54)23(15-59)46-28(52)20(9-7-13-42-35(39)40)44-29(53)21(10-11-25(49)50)43-27(51)19(36)8-6-12-41-34(37)38/h17-24,26,59-60H,5-16,36H2,1-4H3,(H,43,51)(H,44,53)(H,45,56)(H,46,52)(H,47,54)(H,48,55)(H,49,50)(H,57,58)(H4,37,38,41)(H4,39,40,42). The number of rotatable bonds is 30. The third-order valence-electron chi connectivity index (χ3n) is 8.91. The quantitative estimate of drug-likeness (QED) is 0.0142. The molecule has 0 rings (SSSR count). The van der Waals surface area contributed by atoms with Crippen molar-refractivity contribution in [2.24, 2.45) is 50.5 Å². The lowest BCUT2D eigenvalue weighted by Gasteiger charge is -2.28. The van der Waals surface area contributed by atoms with E-state index in [2.05, 4.69) is 67.1 Å². The van der Waals surface area contributed by atoms with E-state index in [1.807, 2.05) is 0 Å². The summed E-state index contributed by atoms with van der Waals surface area (Å²) in [6, 6.07) is -9.06. The van der Waals surface area contributed by atoms with Crippen molar-refractivity contribution < 1.29 is 48.6 Å². The number of hydrogen-bond acceptors (Lipinski definition) is 13. The first-order chi connectivity index (χ1) is 28.1. The number of nitrogens with zero attached hydrogens (tertiary/aromatic N) is 2. The van der Waals surface area contributed by atoms with Crippen LogP contribution in [0.3, 0.4) is 0 Å². The van der Waals surface area contributed by atoms with Gasteiger partial charge in [-0.3, -0.25) is 43.5 Å². The monoisotopic (exact) mass is 891 g/mol. The number of nitrogens with two attached hydrogens (primary N) is 5. The Morgan fingerprint density at radius 2 is 1.00 bits per heavy atom. The molecule has 6 amide bonds. The molecule has 0 aliphatic heterocycles. The van der Waals surface area contributed by atoms with Crippen LogP contribution < -0.4 is 60.6 Å². The Bertz CT molecular complexity index is 1510. The van der Waals surface area contributed by atoms with E-state index < -0.39 is 102 Å². The van der Waals surface area contributed by atoms with Gasteiger partial charge in [0, 0.05) is 31.0 Å². The second-order valence-electron chi connectivity index (χ2n) is 14.4. The van der Waals surface area contributed by atoms with Crippen LogP contribution in [0.15, 0.2) is 9.98 Å². The van der Waals surface area contributed by atoms with Gasteiger partial charge in [-0.1, -0.05) is 34.1 Å². The summed E-state index contributed by atoms with van der Waals surface area (Å²) in [6.45, 7) is 7.27. The normalized spacial score (nSPS) is 14.9. The molecule has 0 aromatic rings. The maximum absolute atomic E-state index is 13.7. The number of carbonyl (C=O) groups excluding carboxylic acids is 6. The maximum atomic E-state index is 13.7. The number of carboxylic acid groups (broad SMARTS) is 2. The van der Waals surface area contributed by atoms with Crippen LogP contribution in [0.2, 0.25) is 0 Å². The topological polar surface area (TPSA) is 404 Å². The molecule has 342 valence electrons. The highest BCUT2D eigenvalue weighted by atomic mass is 32.1. The molecule has 25 heteroatoms. The first kappa shape index (κ1) is 55.0. The Kier molecular flexibility index (Phi) is 26.8. The fraction of sp³-hybridized carbons (Fsp3) is 0.714. The summed E-state index contributed by atoms with van der Waals surface area (Å²) in [4.78, 5) is 111. The molecule has 60 heavy (non-hydrogen) atoms. The zero-order valence-electron chi connectivity index (χ0n) is 34.5. The SMILES string of the molecule is CCC(C)C(NC(=O)C(CS)NC(=O)C(CS)NC(=O)C(CCCN=C(N)N)NC(=O)C(CCC(=O)O)NC(=O)C(N)CCCN=C(N)N)C(=O)NC(CC(C)C)C(=O)O. The predicted molar refractivity (Wildman–Crippen MR) is 231 cm³/mol. The minimum atomic E-state index is -1.45. The van der Waals surface area contributed by atoms with Crippen LogP contribution in [0.25, 0.3) is 0 Å². The van der Waals surface area contributed by atoms with Gasteiger partial charge in [0.15, 0.2) is 11.9 Å². The third kappa shape index (κ3) is 22.4. The van der Waals surface area contributed by atoms with E-state index in [4.69, 9.17) is 28.7 Å². The number of thiol groups is 2. The van der Waals surface area contributed by atoms with E-state index in [9.17, 15) is 48.6 Å². The molecule has 0 aromatic heterocycles. The molecule has 0 fully saturated rings. The zero-order chi connectivity index (χ0) is 46.1. The summed E-state index contributed by atoms with van der Waals surface area (Å²) < 4.78 is 0. The lowest BCUT2D eigenvalue weighted by atomic mass is 9.96. The Hall–Kier alpha value is -5.04. The number of nitrogens with one attached hydrogen (secondary N) is 6. The number of carbonyl (C=O) groups is 8. The van der Waals surface area contributed by atoms with Gasteiger partial charge in [0.05, 0.1) is 6.04 Å². The van der Waals surface area contributed by atoms with Crippen LogP contribution in [-0.2, 0) is 38.4 Å². The van der Waals surface area contributed by atoms with Gasteiger partial charge in [-0.05, 0) is 50.4 Å². The summed E-state index contributed by atoms with van der Waals surface area (Å²) in [6.07, 6.45) is 0.145. The highest BCUT2D eigenvalue weighted by molar-refractivity contribution is 7.80. The van der Waals surface area contributed by atoms with E-state index in [1.54, 1.807) is 27.7 Å². The third-order valence-corrected chi connectivity index (χ3v) is 9.64. The van der Waals surface area contributed by atoms with Crippen molar-refractivity contribution in [2.75, 3.05) is 24.6 Å². The molecule has 0 saturated carbocycles. The molecule has 0 spiro atoms. The Morgan fingerprint density at radius 1 is 0.583 bits per heavy atom. The van der Waals surface area contributed by atoms with Crippen molar-refractivity contribution in [1.82, 2.24) is 31.9 Å². The number of carboxylic acids is 2. The summed E-state index contributed by atoms with van der Waals surface area (Å²) in [5, 5.41) is 33.8. The minimum Gasteiger partial charge on any atom is -0.481 e. The fourth-order valence-corrected chi connectivity index (χ4v) is 5.87. The van der Waals surface area contributed by atoms with Crippen LogP contribution in [0.4, 0.5) is 0 Å². The molecule has 0 radical (unpaired) electrons. The van der Waals surface area contributed by atoms with Gasteiger partial charge < -0.3 is 70.8 Å². The Balaban J connectivity index is 6.15. The smallest absolute Gasteiger partial charge is 0.326 e. The van der Waals surface area contributed by atoms with Gasteiger partial charge in [0.25, 0.3) is 0 Å². The second-order valence-corrected chi connectivity index (χ2v) is 15.2. The molecule has 0 aliphatic carbocycles. The van der Waals surface area contributed by atoms with Gasteiger partial charge in [-0.25, -0.2) is 4.79 Å². The highest BCUT2D eigenvalue weighted by Crippen LogP contribution is 2.12. The van der Waals surface area contributed by atoms with Gasteiger partial charge in [-0.15, -0.1) is 0 Å². The van der Waals surface area contributed by atoms with Gasteiger partial charge in [0.2, 0.25) is 35.4 Å². The highest BCUT2D eigenvalue weighted by Gasteiger charge is 2.34. The van der Waals surface area contributed by atoms with Gasteiger partial charge in [0.1, 0.15) is 36.3 Å². The molecule has 8 atom stereocenters. The molecule has 8 unspecified atom stereocenters. The van der Waals surface area contributed by atoms with Crippen LogP contribution in [0.1, 0.15) is 79.1 Å². The molecule has 0 aromatic carbocycles. The van der Waals surface area contributed by atoms with Crippen molar-refractivity contribution in [2.45, 2.75) is 121 Å². The Labute approximate surface area is 360 Å². The first-order valence-electron chi connectivity index (χ1n) is 19.4. The summed E-state index contributed by atoms with van der Waals surface area (Å²) in [5.74, 6) is -8.95. The van der Waals surface area contributed by atoms with Crippen molar-refractivity contribution in [3.05, 3.63) is 0 Å². The summed E-state index contributed by atoms with van der Waals surface area (Å²) in [7, 11) is 0.